The molecule has 0 spiro atoms. The van der Waals surface area contributed by atoms with E-state index in [1.165, 1.54) is 0 Å². The van der Waals surface area contributed by atoms with Crippen LogP contribution in [-0.4, -0.2) is 35.6 Å². The molecule has 1 unspecified atom stereocenters. The Labute approximate surface area is 112 Å². The van der Waals surface area contributed by atoms with Gasteiger partial charge in [-0.1, -0.05) is 30.3 Å². The van der Waals surface area contributed by atoms with Crippen LogP contribution in [-0.2, 0) is 11.2 Å². The first-order chi connectivity index (χ1) is 9.24. The van der Waals surface area contributed by atoms with Crippen LogP contribution < -0.4 is 10.6 Å². The van der Waals surface area contributed by atoms with E-state index < -0.39 is 6.04 Å². The van der Waals surface area contributed by atoms with Crippen LogP contribution in [0, 0.1) is 0 Å². The summed E-state index contributed by atoms with van der Waals surface area (Å²) >= 11 is 0. The molecule has 0 bridgehead atoms. The van der Waals surface area contributed by atoms with E-state index in [4.69, 9.17) is 0 Å². The number of fused-ring (bicyclic) bond motifs is 1. The smallest absolute Gasteiger partial charge is 0.317 e. The van der Waals surface area contributed by atoms with Crippen LogP contribution in [0.5, 0.6) is 0 Å². The quantitative estimate of drug-likeness (QED) is 0.827. The standard InChI is InChI=1S/C14H17N3O2/c18-13-11(9-10-5-2-1-3-6-10)15-14(19)16-12-7-4-8-17(12)13/h1-3,5-6,11-12H,4,7-9H2,(H2,15,16,19)/t11-,12?/m0/s1. The Morgan fingerprint density at radius 3 is 2.74 bits per heavy atom. The number of hydrogen-bond donors (Lipinski definition) is 2. The van der Waals surface area contributed by atoms with Gasteiger partial charge in [0.15, 0.2) is 0 Å². The minimum atomic E-state index is -0.467. The number of amides is 3. The minimum absolute atomic E-state index is 0.0182. The fourth-order valence-corrected chi connectivity index (χ4v) is 2.78. The highest BCUT2D eigenvalue weighted by Crippen LogP contribution is 2.19. The lowest BCUT2D eigenvalue weighted by Gasteiger charge is -2.23. The van der Waals surface area contributed by atoms with E-state index >= 15 is 0 Å². The first kappa shape index (κ1) is 12.0. The molecule has 100 valence electrons. The van der Waals surface area contributed by atoms with Crippen molar-refractivity contribution in [1.82, 2.24) is 15.5 Å². The van der Waals surface area contributed by atoms with Crippen molar-refractivity contribution in [3.8, 4) is 0 Å². The fraction of sp³-hybridized carbons (Fsp3) is 0.429. The van der Waals surface area contributed by atoms with E-state index in [1.807, 2.05) is 30.3 Å². The molecule has 2 aliphatic rings. The summed E-state index contributed by atoms with van der Waals surface area (Å²) in [6.07, 6.45) is 2.20. The third kappa shape index (κ3) is 2.41. The largest absolute Gasteiger partial charge is 0.326 e. The molecule has 2 N–H and O–H groups in total. The van der Waals surface area contributed by atoms with Crippen LogP contribution in [0.25, 0.3) is 0 Å². The normalized spacial score (nSPS) is 26.4. The van der Waals surface area contributed by atoms with Gasteiger partial charge >= 0.3 is 6.03 Å². The molecule has 19 heavy (non-hydrogen) atoms. The molecule has 2 fully saturated rings. The van der Waals surface area contributed by atoms with Crippen molar-refractivity contribution >= 4 is 11.9 Å². The lowest BCUT2D eigenvalue weighted by Crippen LogP contribution is -2.46. The maximum Gasteiger partial charge on any atom is 0.317 e. The SMILES string of the molecule is O=C1NC2CCCN2C(=O)[C@H](Cc2ccccc2)N1. The molecule has 2 aliphatic heterocycles. The van der Waals surface area contributed by atoms with Gasteiger partial charge in [-0.05, 0) is 18.4 Å². The van der Waals surface area contributed by atoms with E-state index in [1.54, 1.807) is 4.90 Å². The molecule has 2 atom stereocenters. The molecule has 2 saturated heterocycles. The Morgan fingerprint density at radius 2 is 1.95 bits per heavy atom. The molecule has 5 nitrogen and oxygen atoms in total. The number of rotatable bonds is 2. The van der Waals surface area contributed by atoms with Crippen LogP contribution in [0.4, 0.5) is 4.79 Å². The predicted octanol–water partition coefficient (Wildman–Crippen LogP) is 0.859. The molecule has 1 aromatic carbocycles. The molecule has 2 heterocycles. The highest BCUT2D eigenvalue weighted by molar-refractivity contribution is 5.90. The maximum absolute atomic E-state index is 12.4. The number of urea groups is 1. The van der Waals surface area contributed by atoms with Crippen molar-refractivity contribution in [2.45, 2.75) is 31.5 Å². The highest BCUT2D eigenvalue weighted by Gasteiger charge is 2.37. The van der Waals surface area contributed by atoms with Gasteiger partial charge in [-0.3, -0.25) is 4.79 Å². The molecule has 3 rings (SSSR count). The zero-order valence-corrected chi connectivity index (χ0v) is 10.6. The molecular weight excluding hydrogens is 242 g/mol. The Balaban J connectivity index is 1.79. The number of hydrogen-bond acceptors (Lipinski definition) is 2. The van der Waals surface area contributed by atoms with Crippen molar-refractivity contribution in [2.24, 2.45) is 0 Å². The van der Waals surface area contributed by atoms with E-state index in [-0.39, 0.29) is 18.1 Å². The Morgan fingerprint density at radius 1 is 1.16 bits per heavy atom. The van der Waals surface area contributed by atoms with Crippen molar-refractivity contribution in [3.05, 3.63) is 35.9 Å². The Bertz CT molecular complexity index is 489. The summed E-state index contributed by atoms with van der Waals surface area (Å²) in [5.74, 6) is 0.0182. The van der Waals surface area contributed by atoms with Crippen LogP contribution in [0.15, 0.2) is 30.3 Å². The van der Waals surface area contributed by atoms with Crippen LogP contribution >= 0.6 is 0 Å². The summed E-state index contributed by atoms with van der Waals surface area (Å²) in [6, 6.07) is 9.05. The number of carbonyl (C=O) groups is 2. The van der Waals surface area contributed by atoms with E-state index in [0.717, 1.165) is 24.9 Å². The summed E-state index contributed by atoms with van der Waals surface area (Å²) in [6.45, 7) is 0.733. The second-order valence-electron chi connectivity index (χ2n) is 5.05. The highest BCUT2D eigenvalue weighted by atomic mass is 16.2. The molecule has 0 aliphatic carbocycles. The summed E-state index contributed by atoms with van der Waals surface area (Å²) < 4.78 is 0. The fourth-order valence-electron chi connectivity index (χ4n) is 2.78. The third-order valence-corrected chi connectivity index (χ3v) is 3.72. The summed E-state index contributed by atoms with van der Waals surface area (Å²) in [5.41, 5.74) is 1.05. The van der Waals surface area contributed by atoms with Crippen LogP contribution in [0.3, 0.4) is 0 Å². The second-order valence-corrected chi connectivity index (χ2v) is 5.05. The maximum atomic E-state index is 12.4. The molecular formula is C14H17N3O2. The minimum Gasteiger partial charge on any atom is -0.326 e. The van der Waals surface area contributed by atoms with Gasteiger partial charge in [-0.25, -0.2) is 4.79 Å². The summed E-state index contributed by atoms with van der Waals surface area (Å²) in [5, 5.41) is 5.61. The summed E-state index contributed by atoms with van der Waals surface area (Å²) in [7, 11) is 0. The molecule has 0 aromatic heterocycles. The van der Waals surface area contributed by atoms with Gasteiger partial charge in [0.2, 0.25) is 5.91 Å². The van der Waals surface area contributed by atoms with Crippen molar-refractivity contribution in [2.75, 3.05) is 6.54 Å². The van der Waals surface area contributed by atoms with Crippen molar-refractivity contribution < 1.29 is 9.59 Å². The van der Waals surface area contributed by atoms with Crippen LogP contribution in [0.2, 0.25) is 0 Å². The number of carbonyl (C=O) groups excluding carboxylic acids is 2. The molecule has 1 aromatic rings. The van der Waals surface area contributed by atoms with Gasteiger partial charge in [0.05, 0.1) is 0 Å². The lowest BCUT2D eigenvalue weighted by atomic mass is 10.1. The van der Waals surface area contributed by atoms with Gasteiger partial charge in [0.25, 0.3) is 0 Å². The topological polar surface area (TPSA) is 61.4 Å². The van der Waals surface area contributed by atoms with E-state index in [0.29, 0.717) is 6.42 Å². The van der Waals surface area contributed by atoms with Gasteiger partial charge in [0.1, 0.15) is 12.2 Å². The third-order valence-electron chi connectivity index (χ3n) is 3.72. The zero-order valence-electron chi connectivity index (χ0n) is 10.6. The first-order valence-corrected chi connectivity index (χ1v) is 6.65. The molecule has 3 amide bonds. The first-order valence-electron chi connectivity index (χ1n) is 6.65. The molecule has 5 heteroatoms. The second kappa shape index (κ2) is 4.91. The van der Waals surface area contributed by atoms with Gasteiger partial charge in [0, 0.05) is 13.0 Å². The lowest BCUT2D eigenvalue weighted by molar-refractivity contribution is -0.133. The zero-order chi connectivity index (χ0) is 13.2. The number of nitrogens with one attached hydrogen (secondary N) is 2. The van der Waals surface area contributed by atoms with E-state index in [9.17, 15) is 9.59 Å². The molecule has 0 saturated carbocycles. The average molecular weight is 259 g/mol. The average Bonchev–Trinajstić information content (AvgIpc) is 2.82. The van der Waals surface area contributed by atoms with Gasteiger partial charge in [-0.15, -0.1) is 0 Å². The summed E-state index contributed by atoms with van der Waals surface area (Å²) in [4.78, 5) is 26.0. The van der Waals surface area contributed by atoms with Crippen molar-refractivity contribution in [1.29, 1.82) is 0 Å². The predicted molar refractivity (Wildman–Crippen MR) is 70.3 cm³/mol. The van der Waals surface area contributed by atoms with E-state index in [2.05, 4.69) is 10.6 Å². The number of nitrogens with zero attached hydrogens (tertiary/aromatic N) is 1. The molecule has 0 radical (unpaired) electrons. The Kier molecular flexibility index (Phi) is 3.11. The van der Waals surface area contributed by atoms with Crippen molar-refractivity contribution in [3.63, 3.8) is 0 Å². The van der Waals surface area contributed by atoms with Gasteiger partial charge in [-0.2, -0.15) is 0 Å². The monoisotopic (exact) mass is 259 g/mol. The number of benzene rings is 1. The van der Waals surface area contributed by atoms with Gasteiger partial charge < -0.3 is 15.5 Å². The van der Waals surface area contributed by atoms with Crippen LogP contribution in [0.1, 0.15) is 18.4 Å². The Hall–Kier alpha value is -2.04.